The summed E-state index contributed by atoms with van der Waals surface area (Å²) in [5.41, 5.74) is -1.07. The molecule has 0 saturated carbocycles. The number of hydrogen-bond donors (Lipinski definition) is 3. The van der Waals surface area contributed by atoms with Gasteiger partial charge in [-0.1, -0.05) is 22.9 Å². The van der Waals surface area contributed by atoms with Gasteiger partial charge in [-0.05, 0) is 12.8 Å². The van der Waals surface area contributed by atoms with Crippen molar-refractivity contribution in [3.8, 4) is 0 Å². The van der Waals surface area contributed by atoms with E-state index in [1.54, 1.807) is 0 Å². The van der Waals surface area contributed by atoms with E-state index in [4.69, 9.17) is 9.47 Å². The molecular weight excluding hydrogens is 484 g/mol. The summed E-state index contributed by atoms with van der Waals surface area (Å²) in [6, 6.07) is -0.870. The van der Waals surface area contributed by atoms with Gasteiger partial charge in [0.25, 0.3) is 0 Å². The fraction of sp³-hybridized carbons (Fsp3) is 0.857. The Kier molecular flexibility index (Phi) is 7.40. The number of alkyl halides is 1. The summed E-state index contributed by atoms with van der Waals surface area (Å²) in [6.45, 7) is 6.41. The summed E-state index contributed by atoms with van der Waals surface area (Å²) >= 11 is 3.63. The summed E-state index contributed by atoms with van der Waals surface area (Å²) in [7, 11) is 0. The number of morpholine rings is 1. The molecule has 3 unspecified atom stereocenters. The number of ether oxygens (including phenoxy) is 2. The van der Waals surface area contributed by atoms with Crippen molar-refractivity contribution in [3.05, 3.63) is 0 Å². The van der Waals surface area contributed by atoms with Crippen molar-refractivity contribution in [2.24, 2.45) is 11.8 Å². The first-order chi connectivity index (χ1) is 15.4. The van der Waals surface area contributed by atoms with Gasteiger partial charge >= 0.3 is 0 Å². The third-order valence-electron chi connectivity index (χ3n) is 7.06. The second kappa shape index (κ2) is 9.92. The highest BCUT2D eigenvalue weighted by molar-refractivity contribution is 9.09. The van der Waals surface area contributed by atoms with Crippen LogP contribution in [0.2, 0.25) is 0 Å². The highest BCUT2D eigenvalue weighted by Crippen LogP contribution is 2.59. The van der Waals surface area contributed by atoms with Crippen LogP contribution in [0.5, 0.6) is 0 Å². The SMILES string of the molecule is CCCNC(=O)[C@H]1[C@H]2C(=O)N(CCO)C(C(=O)NCCN3CCOCC3)C23CC(Br)[C@@H]1O3. The summed E-state index contributed by atoms with van der Waals surface area (Å²) in [6.07, 6.45) is 0.798. The van der Waals surface area contributed by atoms with E-state index in [2.05, 4.69) is 31.5 Å². The zero-order chi connectivity index (χ0) is 22.9. The van der Waals surface area contributed by atoms with E-state index in [9.17, 15) is 19.5 Å². The van der Waals surface area contributed by atoms with E-state index >= 15 is 0 Å². The molecule has 10 nitrogen and oxygen atoms in total. The van der Waals surface area contributed by atoms with Gasteiger partial charge in [0.05, 0.1) is 37.8 Å². The van der Waals surface area contributed by atoms with Crippen LogP contribution in [-0.2, 0) is 23.9 Å². The van der Waals surface area contributed by atoms with Gasteiger partial charge in [-0.2, -0.15) is 0 Å². The first-order valence-corrected chi connectivity index (χ1v) is 12.4. The van der Waals surface area contributed by atoms with Crippen molar-refractivity contribution in [2.45, 2.75) is 42.3 Å². The zero-order valence-corrected chi connectivity index (χ0v) is 20.0. The molecule has 4 aliphatic rings. The number of hydrogen-bond acceptors (Lipinski definition) is 7. The highest BCUT2D eigenvalue weighted by Gasteiger charge is 2.76. The molecule has 0 radical (unpaired) electrons. The molecule has 0 aromatic rings. The monoisotopic (exact) mass is 516 g/mol. The van der Waals surface area contributed by atoms with Crippen LogP contribution in [0.15, 0.2) is 0 Å². The Morgan fingerprint density at radius 3 is 2.59 bits per heavy atom. The number of nitrogens with zero attached hydrogens (tertiary/aromatic N) is 2. The maximum atomic E-state index is 13.4. The Morgan fingerprint density at radius 1 is 1.19 bits per heavy atom. The van der Waals surface area contributed by atoms with Crippen LogP contribution >= 0.6 is 15.9 Å². The lowest BCUT2D eigenvalue weighted by atomic mass is 9.70. The Morgan fingerprint density at radius 2 is 1.91 bits per heavy atom. The minimum absolute atomic E-state index is 0.0307. The van der Waals surface area contributed by atoms with Gasteiger partial charge in [-0.3, -0.25) is 19.3 Å². The Labute approximate surface area is 196 Å². The van der Waals surface area contributed by atoms with Gasteiger partial charge in [0.1, 0.15) is 11.6 Å². The first-order valence-electron chi connectivity index (χ1n) is 11.5. The molecule has 4 fully saturated rings. The fourth-order valence-electron chi connectivity index (χ4n) is 5.70. The van der Waals surface area contributed by atoms with Gasteiger partial charge in [0.15, 0.2) is 0 Å². The number of amides is 3. The van der Waals surface area contributed by atoms with E-state index in [1.165, 1.54) is 4.90 Å². The number of aliphatic hydroxyl groups excluding tert-OH is 1. The molecule has 180 valence electrons. The molecular formula is C21H33BrN4O6. The maximum absolute atomic E-state index is 13.4. The summed E-state index contributed by atoms with van der Waals surface area (Å²) in [4.78, 5) is 43.3. The van der Waals surface area contributed by atoms with Gasteiger partial charge in [-0.25, -0.2) is 0 Å². The molecule has 32 heavy (non-hydrogen) atoms. The molecule has 11 heteroatoms. The number of β-amino-alcohol motifs (C(OH)–C–C–N with tert-alkyl or cyclic N) is 1. The van der Waals surface area contributed by atoms with Crippen LogP contribution in [0.3, 0.4) is 0 Å². The molecule has 1 spiro atoms. The van der Waals surface area contributed by atoms with Gasteiger partial charge in [-0.15, -0.1) is 0 Å². The number of rotatable bonds is 9. The van der Waals surface area contributed by atoms with E-state index in [-0.39, 0.29) is 35.7 Å². The van der Waals surface area contributed by atoms with E-state index in [1.807, 2.05) is 6.92 Å². The van der Waals surface area contributed by atoms with Crippen LogP contribution in [0.1, 0.15) is 19.8 Å². The third-order valence-corrected chi connectivity index (χ3v) is 7.91. The lowest BCUT2D eigenvalue weighted by Crippen LogP contribution is -2.57. The molecule has 6 atom stereocenters. The predicted octanol–water partition coefficient (Wildman–Crippen LogP) is -1.30. The van der Waals surface area contributed by atoms with E-state index < -0.39 is 29.6 Å². The Bertz CT molecular complexity index is 735. The van der Waals surface area contributed by atoms with Crippen molar-refractivity contribution in [3.63, 3.8) is 0 Å². The van der Waals surface area contributed by atoms with Crippen LogP contribution in [0.4, 0.5) is 0 Å². The highest BCUT2D eigenvalue weighted by atomic mass is 79.9. The molecule has 4 rings (SSSR count). The van der Waals surface area contributed by atoms with Crippen molar-refractivity contribution in [1.82, 2.24) is 20.4 Å². The second-order valence-electron chi connectivity index (χ2n) is 8.95. The zero-order valence-electron chi connectivity index (χ0n) is 18.4. The summed E-state index contributed by atoms with van der Waals surface area (Å²) in [5.74, 6) is -2.17. The quantitative estimate of drug-likeness (QED) is 0.326. The van der Waals surface area contributed by atoms with E-state index in [0.29, 0.717) is 39.3 Å². The molecule has 0 aliphatic carbocycles. The first kappa shape index (κ1) is 23.9. The van der Waals surface area contributed by atoms with Crippen molar-refractivity contribution < 1.29 is 29.0 Å². The van der Waals surface area contributed by atoms with Gasteiger partial charge in [0.2, 0.25) is 17.7 Å². The number of halogens is 1. The fourth-order valence-corrected chi connectivity index (χ4v) is 6.65. The lowest BCUT2D eigenvalue weighted by molar-refractivity contribution is -0.142. The molecule has 4 saturated heterocycles. The van der Waals surface area contributed by atoms with Crippen molar-refractivity contribution >= 4 is 33.7 Å². The average Bonchev–Trinajstić information content (AvgIpc) is 3.37. The number of nitrogens with one attached hydrogen (secondary N) is 2. The van der Waals surface area contributed by atoms with Gasteiger partial charge < -0.3 is 30.1 Å². The lowest BCUT2D eigenvalue weighted by Gasteiger charge is -2.34. The van der Waals surface area contributed by atoms with Gasteiger partial charge in [0, 0.05) is 44.1 Å². The molecule has 0 aromatic heterocycles. The molecule has 4 aliphatic heterocycles. The van der Waals surface area contributed by atoms with Crippen LogP contribution in [-0.4, -0.2) is 114 Å². The molecule has 3 amide bonds. The minimum atomic E-state index is -1.07. The molecule has 3 N–H and O–H groups in total. The Hall–Kier alpha value is -1.27. The van der Waals surface area contributed by atoms with Crippen LogP contribution < -0.4 is 10.6 Å². The van der Waals surface area contributed by atoms with Crippen LogP contribution in [0, 0.1) is 11.8 Å². The summed E-state index contributed by atoms with van der Waals surface area (Å²) < 4.78 is 11.7. The smallest absolute Gasteiger partial charge is 0.245 e. The van der Waals surface area contributed by atoms with Crippen molar-refractivity contribution in [2.75, 3.05) is 59.1 Å². The number of carbonyl (C=O) groups is 3. The minimum Gasteiger partial charge on any atom is -0.395 e. The number of likely N-dealkylation sites (tertiary alicyclic amines) is 1. The molecule has 4 heterocycles. The largest absolute Gasteiger partial charge is 0.395 e. The molecule has 0 aromatic carbocycles. The molecule has 2 bridgehead atoms. The second-order valence-corrected chi connectivity index (χ2v) is 10.1. The number of aliphatic hydroxyl groups is 1. The van der Waals surface area contributed by atoms with Crippen LogP contribution in [0.25, 0.3) is 0 Å². The standard InChI is InChI=1S/C21H33BrN4O6/c1-2-3-23-18(28)14-15-20(30)26(6-9-27)17(21(15)12-13(22)16(14)32-21)19(29)24-4-5-25-7-10-31-11-8-25/h13-17,27H,2-12H2,1H3,(H,23,28)(H,24,29)/t13?,14-,15-,16-,17?,21?/m0/s1. The third kappa shape index (κ3) is 4.06. The topological polar surface area (TPSA) is 120 Å². The average molecular weight is 517 g/mol. The number of fused-ring (bicyclic) bond motifs is 1. The predicted molar refractivity (Wildman–Crippen MR) is 118 cm³/mol. The van der Waals surface area contributed by atoms with Crippen molar-refractivity contribution in [1.29, 1.82) is 0 Å². The summed E-state index contributed by atoms with van der Waals surface area (Å²) in [5, 5.41) is 15.5. The van der Waals surface area contributed by atoms with E-state index in [0.717, 1.165) is 19.5 Å². The Balaban J connectivity index is 1.52. The number of carbonyl (C=O) groups excluding carboxylic acids is 3. The normalized spacial score (nSPS) is 36.4. The maximum Gasteiger partial charge on any atom is 0.245 e.